The second-order valence-corrected chi connectivity index (χ2v) is 22.1. The number of carbonyl (C=O) groups excluding carboxylic acids is 2. The first-order valence-corrected chi connectivity index (χ1v) is 31.5. The van der Waals surface area contributed by atoms with Crippen molar-refractivity contribution in [3.8, 4) is 0 Å². The Kier molecular flexibility index (Phi) is 49.9. The van der Waals surface area contributed by atoms with E-state index in [1.165, 1.54) is 225 Å². The molecule has 0 radical (unpaired) electrons. The third-order valence-electron chi connectivity index (χ3n) is 15.2. The summed E-state index contributed by atoms with van der Waals surface area (Å²) in [6, 6.07) is -0.809. The van der Waals surface area contributed by atoms with Crippen LogP contribution < -0.4 is 5.32 Å². The summed E-state index contributed by atoms with van der Waals surface area (Å²) in [5.74, 6) is -0.182. The van der Waals surface area contributed by atoms with Crippen LogP contribution in [0.5, 0.6) is 0 Å². The van der Waals surface area contributed by atoms with Crippen molar-refractivity contribution in [1.29, 1.82) is 0 Å². The Morgan fingerprint density at radius 1 is 0.493 bits per heavy atom. The monoisotopic (exact) mass is 1040 g/mol. The minimum absolute atomic E-state index is 0.000862. The molecule has 1 saturated heterocycles. The maximum Gasteiger partial charge on any atom is 0.305 e. The van der Waals surface area contributed by atoms with E-state index >= 15 is 0 Å². The normalized spacial score (nSPS) is 18.9. The molecule has 0 aliphatic carbocycles. The van der Waals surface area contributed by atoms with E-state index in [9.17, 15) is 35.1 Å². The molecule has 0 bridgehead atoms. The number of ether oxygens (including phenoxy) is 3. The van der Waals surface area contributed by atoms with Crippen molar-refractivity contribution in [3.63, 3.8) is 0 Å². The summed E-state index contributed by atoms with van der Waals surface area (Å²) >= 11 is 0. The molecule has 1 rings (SSSR count). The SMILES string of the molecule is CCCCCCCCCCCCC/C=C/C(O)C(COC1OC(CO)C(O)C(O)C1O)NC(=O)CCCCCCCCCCCCCCCCCCCCCCCOC(=O)CCCCCCCCCCCCC. The van der Waals surface area contributed by atoms with Crippen molar-refractivity contribution >= 4 is 11.9 Å². The number of hydrogen-bond acceptors (Lipinski definition) is 10. The zero-order chi connectivity index (χ0) is 53.1. The molecule has 7 unspecified atom stereocenters. The van der Waals surface area contributed by atoms with Crippen molar-refractivity contribution in [2.45, 2.75) is 352 Å². The molecule has 1 fully saturated rings. The summed E-state index contributed by atoms with van der Waals surface area (Å²) in [5, 5.41) is 54.4. The highest BCUT2D eigenvalue weighted by Gasteiger charge is 2.44. The predicted octanol–water partition coefficient (Wildman–Crippen LogP) is 14.7. The average molecular weight is 1040 g/mol. The molecule has 6 N–H and O–H groups in total. The molecule has 432 valence electrons. The number of hydrogen-bond donors (Lipinski definition) is 6. The van der Waals surface area contributed by atoms with Gasteiger partial charge in [-0.15, -0.1) is 0 Å². The quantitative estimate of drug-likeness (QED) is 0.0195. The van der Waals surface area contributed by atoms with Gasteiger partial charge in [-0.05, 0) is 32.1 Å². The molecule has 0 spiro atoms. The molecule has 1 amide bonds. The lowest BCUT2D eigenvalue weighted by molar-refractivity contribution is -0.302. The second-order valence-electron chi connectivity index (χ2n) is 22.1. The third-order valence-corrected chi connectivity index (χ3v) is 15.2. The summed E-state index contributed by atoms with van der Waals surface area (Å²) in [7, 11) is 0. The molecular weight excluding hydrogens is 919 g/mol. The second kappa shape index (κ2) is 52.5. The van der Waals surface area contributed by atoms with Gasteiger partial charge < -0.3 is 45.1 Å². The summed E-state index contributed by atoms with van der Waals surface area (Å²) in [6.07, 6.45) is 51.6. The molecule has 0 aromatic rings. The van der Waals surface area contributed by atoms with E-state index in [-0.39, 0.29) is 18.5 Å². The van der Waals surface area contributed by atoms with E-state index in [1.54, 1.807) is 6.08 Å². The number of nitrogens with one attached hydrogen (secondary N) is 1. The van der Waals surface area contributed by atoms with Crippen molar-refractivity contribution in [2.75, 3.05) is 19.8 Å². The van der Waals surface area contributed by atoms with Gasteiger partial charge in [0.2, 0.25) is 5.91 Å². The highest BCUT2D eigenvalue weighted by Crippen LogP contribution is 2.23. The Labute approximate surface area is 448 Å². The van der Waals surface area contributed by atoms with Crippen LogP contribution in [0.25, 0.3) is 0 Å². The number of esters is 1. The van der Waals surface area contributed by atoms with Gasteiger partial charge in [-0.2, -0.15) is 0 Å². The van der Waals surface area contributed by atoms with Crippen molar-refractivity contribution < 1.29 is 49.3 Å². The van der Waals surface area contributed by atoms with Crippen LogP contribution in [0.15, 0.2) is 12.2 Å². The maximum absolute atomic E-state index is 13.0. The Balaban J connectivity index is 2.05. The molecule has 7 atom stereocenters. The van der Waals surface area contributed by atoms with Crippen molar-refractivity contribution in [2.24, 2.45) is 0 Å². The van der Waals surface area contributed by atoms with Gasteiger partial charge in [0.15, 0.2) is 6.29 Å². The molecule has 11 heteroatoms. The number of amides is 1. The first-order chi connectivity index (χ1) is 35.7. The first kappa shape index (κ1) is 69.4. The highest BCUT2D eigenvalue weighted by atomic mass is 16.7. The molecule has 73 heavy (non-hydrogen) atoms. The Morgan fingerprint density at radius 2 is 0.863 bits per heavy atom. The van der Waals surface area contributed by atoms with Crippen molar-refractivity contribution in [1.82, 2.24) is 5.32 Å². The average Bonchev–Trinajstić information content (AvgIpc) is 3.39. The Bertz CT molecular complexity index is 1220. The molecule has 1 aliphatic rings. The van der Waals surface area contributed by atoms with Gasteiger partial charge in [-0.1, -0.05) is 276 Å². The van der Waals surface area contributed by atoms with Crippen LogP contribution in [0, 0.1) is 0 Å². The smallest absolute Gasteiger partial charge is 0.305 e. The first-order valence-electron chi connectivity index (χ1n) is 31.5. The molecule has 1 aliphatic heterocycles. The minimum Gasteiger partial charge on any atom is -0.466 e. The van der Waals surface area contributed by atoms with Crippen LogP contribution in [0.2, 0.25) is 0 Å². The zero-order valence-electron chi connectivity index (χ0n) is 47.6. The number of allylic oxidation sites excluding steroid dienone is 1. The number of unbranched alkanes of at least 4 members (excludes halogenated alkanes) is 41. The van der Waals surface area contributed by atoms with E-state index in [4.69, 9.17) is 14.2 Å². The Morgan fingerprint density at radius 3 is 1.27 bits per heavy atom. The minimum atomic E-state index is -1.57. The predicted molar refractivity (Wildman–Crippen MR) is 301 cm³/mol. The molecule has 0 aromatic heterocycles. The molecular formula is C62H119NO10. The number of aliphatic hydroxyl groups excluding tert-OH is 5. The van der Waals surface area contributed by atoms with E-state index in [0.717, 1.165) is 57.8 Å². The van der Waals surface area contributed by atoms with Crippen molar-refractivity contribution in [3.05, 3.63) is 12.2 Å². The highest BCUT2D eigenvalue weighted by molar-refractivity contribution is 5.76. The number of aliphatic hydroxyl groups is 5. The zero-order valence-corrected chi connectivity index (χ0v) is 47.6. The lowest BCUT2D eigenvalue weighted by atomic mass is 9.99. The van der Waals surface area contributed by atoms with Gasteiger partial charge in [-0.3, -0.25) is 9.59 Å². The van der Waals surface area contributed by atoms with E-state index in [1.807, 2.05) is 6.08 Å². The molecule has 11 nitrogen and oxygen atoms in total. The van der Waals surface area contributed by atoms with E-state index in [2.05, 4.69) is 19.2 Å². The van der Waals surface area contributed by atoms with Crippen LogP contribution in [-0.2, 0) is 23.8 Å². The fourth-order valence-corrected chi connectivity index (χ4v) is 10.1. The van der Waals surface area contributed by atoms with Gasteiger partial charge in [0, 0.05) is 12.8 Å². The fourth-order valence-electron chi connectivity index (χ4n) is 10.1. The Hall–Kier alpha value is -1.60. The molecule has 1 heterocycles. The van der Waals surface area contributed by atoms with Crippen LogP contribution in [0.3, 0.4) is 0 Å². The van der Waals surface area contributed by atoms with Gasteiger partial charge in [-0.25, -0.2) is 0 Å². The lowest BCUT2D eigenvalue weighted by Crippen LogP contribution is -2.60. The third kappa shape index (κ3) is 42.1. The largest absolute Gasteiger partial charge is 0.466 e. The van der Waals surface area contributed by atoms with Gasteiger partial charge in [0.1, 0.15) is 24.4 Å². The number of carbonyl (C=O) groups is 2. The summed E-state index contributed by atoms with van der Waals surface area (Å²) in [4.78, 5) is 25.1. The topological polar surface area (TPSA) is 175 Å². The van der Waals surface area contributed by atoms with E-state index in [0.29, 0.717) is 19.4 Å². The fraction of sp³-hybridized carbons (Fsp3) is 0.935. The standard InChI is InChI=1S/C62H119NO10/c1-3-5-7-9-11-13-15-25-29-32-36-40-44-48-55(65)54(53-72-62-61(70)60(69)59(68)56(52-64)73-62)63-57(66)49-45-41-37-33-30-26-23-21-19-17-16-18-20-22-24-27-31-35-39-43-47-51-71-58(67)50-46-42-38-34-28-14-12-10-8-6-4-2/h44,48,54-56,59-62,64-65,68-70H,3-43,45-47,49-53H2,1-2H3,(H,63,66)/b48-44+. The van der Waals surface area contributed by atoms with Crippen LogP contribution in [0.1, 0.15) is 309 Å². The number of rotatable bonds is 55. The lowest BCUT2D eigenvalue weighted by Gasteiger charge is -2.40. The van der Waals surface area contributed by atoms with Gasteiger partial charge >= 0.3 is 5.97 Å². The van der Waals surface area contributed by atoms with E-state index < -0.39 is 49.5 Å². The van der Waals surface area contributed by atoms with Gasteiger partial charge in [0.25, 0.3) is 0 Å². The van der Waals surface area contributed by atoms with Gasteiger partial charge in [0.05, 0.1) is 32.0 Å². The van der Waals surface area contributed by atoms with Crippen LogP contribution in [0.4, 0.5) is 0 Å². The van der Waals surface area contributed by atoms with Crippen LogP contribution in [-0.4, -0.2) is 100 Å². The summed E-state index contributed by atoms with van der Waals surface area (Å²) in [5.41, 5.74) is 0. The molecule has 0 saturated carbocycles. The molecule has 0 aromatic carbocycles. The van der Waals surface area contributed by atoms with Crippen LogP contribution >= 0.6 is 0 Å². The maximum atomic E-state index is 13.0. The summed E-state index contributed by atoms with van der Waals surface area (Å²) < 4.78 is 16.7. The summed E-state index contributed by atoms with van der Waals surface area (Å²) in [6.45, 7) is 4.36.